The van der Waals surface area contributed by atoms with Gasteiger partial charge in [-0.05, 0) is 37.1 Å². The number of aromatic nitrogens is 3. The van der Waals surface area contributed by atoms with Gasteiger partial charge in [0.25, 0.3) is 0 Å². The largest absolute Gasteiger partial charge is 0.465 e. The highest BCUT2D eigenvalue weighted by atomic mass is 16.5. The average molecular weight is 309 g/mol. The van der Waals surface area contributed by atoms with Crippen molar-refractivity contribution in [1.82, 2.24) is 14.2 Å². The molecule has 118 valence electrons. The molecule has 0 amide bonds. The maximum absolute atomic E-state index is 12.0. The summed E-state index contributed by atoms with van der Waals surface area (Å²) in [7, 11) is 1.41. The molecule has 1 saturated carbocycles. The number of rotatable bonds is 3. The SMILES string of the molecule is COC(=O)c1cc(-c2ccn(C3CCCC3)n2)n2ccccc12. The molecule has 0 spiro atoms. The van der Waals surface area contributed by atoms with Gasteiger partial charge in [0.05, 0.1) is 29.9 Å². The molecule has 23 heavy (non-hydrogen) atoms. The molecule has 1 aliphatic rings. The maximum Gasteiger partial charge on any atom is 0.340 e. The topological polar surface area (TPSA) is 48.5 Å². The number of carbonyl (C=O) groups excluding carboxylic acids is 1. The lowest BCUT2D eigenvalue weighted by Gasteiger charge is -2.08. The number of carbonyl (C=O) groups is 1. The average Bonchev–Trinajstić information content (AvgIpc) is 3.31. The smallest absolute Gasteiger partial charge is 0.340 e. The number of ether oxygens (including phenoxy) is 1. The van der Waals surface area contributed by atoms with Crippen molar-refractivity contribution in [3.63, 3.8) is 0 Å². The Morgan fingerprint density at radius 2 is 2.04 bits per heavy atom. The highest BCUT2D eigenvalue weighted by Gasteiger charge is 2.20. The number of nitrogens with zero attached hydrogens (tertiary/aromatic N) is 3. The summed E-state index contributed by atoms with van der Waals surface area (Å²) in [6.45, 7) is 0. The van der Waals surface area contributed by atoms with Crippen LogP contribution in [0, 0.1) is 0 Å². The lowest BCUT2D eigenvalue weighted by molar-refractivity contribution is 0.0603. The maximum atomic E-state index is 12.0. The van der Waals surface area contributed by atoms with Crippen molar-refractivity contribution in [2.75, 3.05) is 7.11 Å². The van der Waals surface area contributed by atoms with E-state index in [4.69, 9.17) is 9.84 Å². The molecule has 3 heterocycles. The van der Waals surface area contributed by atoms with Crippen LogP contribution in [-0.2, 0) is 4.74 Å². The number of hydrogen-bond donors (Lipinski definition) is 0. The summed E-state index contributed by atoms with van der Waals surface area (Å²) in [4.78, 5) is 12.0. The summed E-state index contributed by atoms with van der Waals surface area (Å²) in [5, 5.41) is 4.75. The van der Waals surface area contributed by atoms with E-state index in [-0.39, 0.29) is 5.97 Å². The predicted octanol–water partition coefficient (Wildman–Crippen LogP) is 3.70. The first-order valence-corrected chi connectivity index (χ1v) is 8.02. The highest BCUT2D eigenvalue weighted by Crippen LogP contribution is 2.31. The standard InChI is InChI=1S/C18H19N3O2/c1-23-18(22)14-12-17(20-10-5-4-8-16(14)20)15-9-11-21(19-15)13-6-2-3-7-13/h4-5,8-13H,2-3,6-7H2,1H3. The van der Waals surface area contributed by atoms with Crippen molar-refractivity contribution >= 4 is 11.5 Å². The van der Waals surface area contributed by atoms with Crippen LogP contribution in [0.5, 0.6) is 0 Å². The summed E-state index contributed by atoms with van der Waals surface area (Å²) < 4.78 is 8.97. The number of hydrogen-bond acceptors (Lipinski definition) is 3. The molecule has 3 aromatic heterocycles. The molecule has 0 radical (unpaired) electrons. The molecule has 4 rings (SSSR count). The fourth-order valence-corrected chi connectivity index (χ4v) is 3.47. The normalized spacial score (nSPS) is 15.3. The Labute approximate surface area is 134 Å². The van der Waals surface area contributed by atoms with Gasteiger partial charge in [-0.3, -0.25) is 4.68 Å². The number of esters is 1. The summed E-state index contributed by atoms with van der Waals surface area (Å²) in [6, 6.07) is 10.2. The third kappa shape index (κ3) is 2.32. The monoisotopic (exact) mass is 309 g/mol. The third-order valence-electron chi connectivity index (χ3n) is 4.65. The van der Waals surface area contributed by atoms with Gasteiger partial charge in [-0.2, -0.15) is 5.10 Å². The minimum absolute atomic E-state index is 0.324. The van der Waals surface area contributed by atoms with Crippen molar-refractivity contribution in [3.05, 3.63) is 48.3 Å². The number of pyridine rings is 1. The quantitative estimate of drug-likeness (QED) is 0.693. The fraction of sp³-hybridized carbons (Fsp3) is 0.333. The van der Waals surface area contributed by atoms with Gasteiger partial charge in [0.15, 0.2) is 0 Å². The molecule has 1 fully saturated rings. The van der Waals surface area contributed by atoms with Gasteiger partial charge in [0.2, 0.25) is 0 Å². The third-order valence-corrected chi connectivity index (χ3v) is 4.65. The zero-order chi connectivity index (χ0) is 15.8. The van der Waals surface area contributed by atoms with E-state index in [2.05, 4.69) is 4.68 Å². The Morgan fingerprint density at radius 1 is 1.22 bits per heavy atom. The first kappa shape index (κ1) is 14.1. The van der Waals surface area contributed by atoms with E-state index >= 15 is 0 Å². The van der Waals surface area contributed by atoms with Crippen molar-refractivity contribution in [2.45, 2.75) is 31.7 Å². The van der Waals surface area contributed by atoms with E-state index in [1.165, 1.54) is 32.8 Å². The van der Waals surface area contributed by atoms with Crippen molar-refractivity contribution in [1.29, 1.82) is 0 Å². The first-order chi connectivity index (χ1) is 11.3. The van der Waals surface area contributed by atoms with Crippen molar-refractivity contribution in [2.24, 2.45) is 0 Å². The Bertz CT molecular complexity index is 856. The Hall–Kier alpha value is -2.56. The van der Waals surface area contributed by atoms with Gasteiger partial charge in [0.1, 0.15) is 5.69 Å². The summed E-state index contributed by atoms with van der Waals surface area (Å²) in [6.07, 6.45) is 8.95. The molecule has 5 heteroatoms. The molecule has 0 saturated heterocycles. The van der Waals surface area contributed by atoms with Gasteiger partial charge < -0.3 is 9.14 Å². The van der Waals surface area contributed by atoms with Crippen molar-refractivity contribution < 1.29 is 9.53 Å². The predicted molar refractivity (Wildman–Crippen MR) is 87.5 cm³/mol. The molecule has 0 unspecified atom stereocenters. The van der Waals surface area contributed by atoms with E-state index in [0.717, 1.165) is 16.9 Å². The van der Waals surface area contributed by atoms with Gasteiger partial charge in [-0.1, -0.05) is 18.9 Å². The molecular weight excluding hydrogens is 290 g/mol. The number of fused-ring (bicyclic) bond motifs is 1. The van der Waals surface area contributed by atoms with Crippen LogP contribution >= 0.6 is 0 Å². The molecule has 0 bridgehead atoms. The van der Waals surface area contributed by atoms with E-state index in [1.807, 2.05) is 47.1 Å². The zero-order valence-corrected chi connectivity index (χ0v) is 13.1. The Morgan fingerprint density at radius 3 is 2.83 bits per heavy atom. The fourth-order valence-electron chi connectivity index (χ4n) is 3.47. The van der Waals surface area contributed by atoms with Gasteiger partial charge >= 0.3 is 5.97 Å². The highest BCUT2D eigenvalue weighted by molar-refractivity contribution is 5.99. The van der Waals surface area contributed by atoms with Crippen LogP contribution in [0.1, 0.15) is 42.1 Å². The van der Waals surface area contributed by atoms with Crippen LogP contribution in [0.3, 0.4) is 0 Å². The van der Waals surface area contributed by atoms with Crippen molar-refractivity contribution in [3.8, 4) is 11.4 Å². The minimum atomic E-state index is -0.324. The van der Waals surface area contributed by atoms with Crippen LogP contribution in [0.2, 0.25) is 0 Å². The first-order valence-electron chi connectivity index (χ1n) is 8.02. The second kappa shape index (κ2) is 5.57. The summed E-state index contributed by atoms with van der Waals surface area (Å²) in [5.74, 6) is -0.324. The zero-order valence-electron chi connectivity index (χ0n) is 13.1. The lowest BCUT2D eigenvalue weighted by atomic mass is 10.2. The van der Waals surface area contributed by atoms with Gasteiger partial charge in [0, 0.05) is 12.4 Å². The molecule has 5 nitrogen and oxygen atoms in total. The number of methoxy groups -OCH3 is 1. The molecule has 0 atom stereocenters. The molecule has 3 aromatic rings. The summed E-state index contributed by atoms with van der Waals surface area (Å²) >= 11 is 0. The van der Waals surface area contributed by atoms with Crippen LogP contribution in [0.15, 0.2) is 42.7 Å². The minimum Gasteiger partial charge on any atom is -0.465 e. The molecule has 0 aliphatic heterocycles. The van der Waals surface area contributed by atoms with Crippen LogP contribution in [-0.4, -0.2) is 27.3 Å². The molecule has 1 aliphatic carbocycles. The summed E-state index contributed by atoms with van der Waals surface area (Å²) in [5.41, 5.74) is 3.20. The van der Waals surface area contributed by atoms with E-state index in [1.54, 1.807) is 0 Å². The molecule has 0 aromatic carbocycles. The second-order valence-corrected chi connectivity index (χ2v) is 6.01. The van der Waals surface area contributed by atoms with Gasteiger partial charge in [-0.15, -0.1) is 0 Å². The van der Waals surface area contributed by atoms with Crippen LogP contribution in [0.25, 0.3) is 16.9 Å². The molecule has 0 N–H and O–H groups in total. The van der Waals surface area contributed by atoms with Crippen LogP contribution in [0.4, 0.5) is 0 Å². The Kier molecular flexibility index (Phi) is 3.41. The second-order valence-electron chi connectivity index (χ2n) is 6.01. The van der Waals surface area contributed by atoms with E-state index < -0.39 is 0 Å². The van der Waals surface area contributed by atoms with E-state index in [9.17, 15) is 4.79 Å². The molecular formula is C18H19N3O2. The van der Waals surface area contributed by atoms with Crippen LogP contribution < -0.4 is 0 Å². The van der Waals surface area contributed by atoms with E-state index in [0.29, 0.717) is 11.6 Å². The Balaban J connectivity index is 1.81. The lowest BCUT2D eigenvalue weighted by Crippen LogP contribution is -2.05. The van der Waals surface area contributed by atoms with Gasteiger partial charge in [-0.25, -0.2) is 4.79 Å².